The fourth-order valence-corrected chi connectivity index (χ4v) is 7.12. The van der Waals surface area contributed by atoms with E-state index in [9.17, 15) is 4.79 Å². The van der Waals surface area contributed by atoms with E-state index in [0.717, 1.165) is 67.7 Å². The van der Waals surface area contributed by atoms with Crippen molar-refractivity contribution >= 4 is 11.7 Å². The topological polar surface area (TPSA) is 49.3 Å². The molecule has 5 fully saturated rings. The highest BCUT2D eigenvalue weighted by Gasteiger charge is 2.51. The molecule has 4 bridgehead atoms. The Balaban J connectivity index is 1.21. The van der Waals surface area contributed by atoms with Gasteiger partial charge in [0.2, 0.25) is 5.91 Å². The fraction of sp³-hybridized carbons (Fsp3) is 0.792. The van der Waals surface area contributed by atoms with E-state index < -0.39 is 0 Å². The number of aryl methyl sites for hydroxylation is 1. The van der Waals surface area contributed by atoms with Crippen molar-refractivity contribution in [2.75, 3.05) is 31.1 Å². The molecule has 0 spiro atoms. The first kappa shape index (κ1) is 19.3. The monoisotopic (exact) mass is 396 g/mol. The van der Waals surface area contributed by atoms with E-state index in [1.54, 1.807) is 0 Å². The van der Waals surface area contributed by atoms with Crippen molar-refractivity contribution in [1.29, 1.82) is 0 Å². The van der Waals surface area contributed by atoms with Crippen LogP contribution >= 0.6 is 0 Å². The first-order chi connectivity index (χ1) is 13.9. The van der Waals surface area contributed by atoms with Gasteiger partial charge in [-0.15, -0.1) is 0 Å². The number of piperazine rings is 1. The Hall–Kier alpha value is -1.65. The van der Waals surface area contributed by atoms with Crippen LogP contribution in [0.5, 0.6) is 0 Å². The number of hydrogen-bond acceptors (Lipinski definition) is 4. The van der Waals surface area contributed by atoms with Crippen molar-refractivity contribution in [3.63, 3.8) is 0 Å². The average Bonchev–Trinajstić information content (AvgIpc) is 2.66. The molecule has 5 heteroatoms. The van der Waals surface area contributed by atoms with Crippen LogP contribution in [0.15, 0.2) is 6.07 Å². The van der Waals surface area contributed by atoms with Gasteiger partial charge in [0.05, 0.1) is 0 Å². The quantitative estimate of drug-likeness (QED) is 0.767. The minimum Gasteiger partial charge on any atom is -0.353 e. The fourth-order valence-electron chi connectivity index (χ4n) is 7.12. The number of anilines is 1. The average molecular weight is 397 g/mol. The second-order valence-electron chi connectivity index (χ2n) is 10.8. The first-order valence-corrected chi connectivity index (χ1v) is 11.8. The second kappa shape index (κ2) is 7.24. The molecule has 1 amide bonds. The number of nitrogens with zero attached hydrogens (tertiary/aromatic N) is 4. The molecule has 1 aromatic rings. The predicted molar refractivity (Wildman–Crippen MR) is 115 cm³/mol. The summed E-state index contributed by atoms with van der Waals surface area (Å²) in [5.74, 6) is 5.44. The molecule has 4 aliphatic carbocycles. The Labute approximate surface area is 175 Å². The number of hydrogen-bond donors (Lipinski definition) is 0. The third-order valence-corrected chi connectivity index (χ3v) is 8.02. The molecule has 1 aliphatic heterocycles. The van der Waals surface area contributed by atoms with Gasteiger partial charge >= 0.3 is 0 Å². The first-order valence-electron chi connectivity index (χ1n) is 11.8. The molecule has 0 unspecified atom stereocenters. The van der Waals surface area contributed by atoms with Crippen LogP contribution in [0.3, 0.4) is 0 Å². The molecule has 1 aromatic heterocycles. The highest BCUT2D eigenvalue weighted by atomic mass is 16.2. The van der Waals surface area contributed by atoms with Gasteiger partial charge in [0.15, 0.2) is 0 Å². The number of rotatable bonds is 4. The lowest BCUT2D eigenvalue weighted by Gasteiger charge is -2.57. The summed E-state index contributed by atoms with van der Waals surface area (Å²) >= 11 is 0. The summed E-state index contributed by atoms with van der Waals surface area (Å²) in [5, 5.41) is 0. The van der Waals surface area contributed by atoms with E-state index in [-0.39, 0.29) is 0 Å². The summed E-state index contributed by atoms with van der Waals surface area (Å²) in [6.07, 6.45) is 9.11. The van der Waals surface area contributed by atoms with Gasteiger partial charge in [0.25, 0.3) is 0 Å². The molecule has 1 saturated heterocycles. The Morgan fingerprint density at radius 1 is 1.03 bits per heavy atom. The van der Waals surface area contributed by atoms with Crippen LogP contribution in [0, 0.1) is 30.1 Å². The Bertz CT molecular complexity index is 746. The molecule has 29 heavy (non-hydrogen) atoms. The molecule has 0 radical (unpaired) electrons. The molecule has 2 heterocycles. The van der Waals surface area contributed by atoms with Gasteiger partial charge in [0.1, 0.15) is 11.6 Å². The van der Waals surface area contributed by atoms with E-state index in [1.807, 2.05) is 6.92 Å². The lowest BCUT2D eigenvalue weighted by atomic mass is 9.49. The van der Waals surface area contributed by atoms with Gasteiger partial charge in [-0.25, -0.2) is 9.97 Å². The zero-order valence-electron chi connectivity index (χ0n) is 18.4. The van der Waals surface area contributed by atoms with Gasteiger partial charge in [-0.2, -0.15) is 0 Å². The number of aromatic nitrogens is 2. The minimum absolute atomic E-state index is 0.330. The van der Waals surface area contributed by atoms with Crippen molar-refractivity contribution in [3.8, 4) is 0 Å². The largest absolute Gasteiger partial charge is 0.353 e. The van der Waals surface area contributed by atoms with Crippen LogP contribution in [0.4, 0.5) is 5.82 Å². The Morgan fingerprint density at radius 3 is 2.17 bits per heavy atom. The minimum atomic E-state index is 0.330. The SMILES string of the molecule is Cc1cc(N2CCN(C(=O)CC34CC5CC(CC(C5)C3)C4)CC2)nc(C(C)C)n1. The predicted octanol–water partition coefficient (Wildman–Crippen LogP) is 4.16. The van der Waals surface area contributed by atoms with E-state index >= 15 is 0 Å². The summed E-state index contributed by atoms with van der Waals surface area (Å²) in [5.41, 5.74) is 1.37. The van der Waals surface area contributed by atoms with Crippen molar-refractivity contribution in [3.05, 3.63) is 17.6 Å². The van der Waals surface area contributed by atoms with Crippen molar-refractivity contribution in [1.82, 2.24) is 14.9 Å². The number of carbonyl (C=O) groups excluding carboxylic acids is 1. The lowest BCUT2D eigenvalue weighted by Crippen LogP contribution is -2.52. The summed E-state index contributed by atoms with van der Waals surface area (Å²) in [7, 11) is 0. The van der Waals surface area contributed by atoms with Crippen LogP contribution in [0.1, 0.15) is 76.2 Å². The summed E-state index contributed by atoms with van der Waals surface area (Å²) in [4.78, 5) is 27.0. The maximum atomic E-state index is 13.2. The third kappa shape index (κ3) is 3.77. The van der Waals surface area contributed by atoms with Crippen molar-refractivity contribution < 1.29 is 4.79 Å². The van der Waals surface area contributed by atoms with E-state index in [1.165, 1.54) is 38.5 Å². The van der Waals surface area contributed by atoms with Crippen molar-refractivity contribution in [2.24, 2.45) is 23.2 Å². The maximum absolute atomic E-state index is 13.2. The van der Waals surface area contributed by atoms with Crippen molar-refractivity contribution in [2.45, 2.75) is 71.6 Å². The zero-order chi connectivity index (χ0) is 20.2. The molecule has 5 aliphatic rings. The molecule has 0 N–H and O–H groups in total. The molecule has 6 rings (SSSR count). The van der Waals surface area contributed by atoms with Crippen LogP contribution in [-0.4, -0.2) is 47.0 Å². The molecular formula is C24H36N4O. The zero-order valence-corrected chi connectivity index (χ0v) is 18.4. The molecule has 158 valence electrons. The summed E-state index contributed by atoms with van der Waals surface area (Å²) < 4.78 is 0. The van der Waals surface area contributed by atoms with E-state index in [0.29, 0.717) is 17.2 Å². The molecule has 0 aromatic carbocycles. The molecule has 4 saturated carbocycles. The normalized spacial score (nSPS) is 33.6. The standard InChI is InChI=1S/C24H36N4O/c1-16(2)23-25-17(3)8-21(26-23)27-4-6-28(7-5-27)22(29)15-24-12-18-9-19(13-24)11-20(10-18)14-24/h8,16,18-20H,4-7,9-15H2,1-3H3. The van der Waals surface area contributed by atoms with Crippen LogP contribution in [0.25, 0.3) is 0 Å². The number of carbonyl (C=O) groups is 1. The van der Waals surface area contributed by atoms with Crippen LogP contribution < -0.4 is 4.90 Å². The van der Waals surface area contributed by atoms with Gasteiger partial charge in [0, 0.05) is 50.3 Å². The van der Waals surface area contributed by atoms with Gasteiger partial charge in [-0.3, -0.25) is 4.79 Å². The smallest absolute Gasteiger partial charge is 0.223 e. The highest BCUT2D eigenvalue weighted by Crippen LogP contribution is 2.61. The Kier molecular flexibility index (Phi) is 4.83. The second-order valence-corrected chi connectivity index (χ2v) is 10.8. The van der Waals surface area contributed by atoms with Gasteiger partial charge in [-0.1, -0.05) is 13.8 Å². The molecule has 5 nitrogen and oxygen atoms in total. The Morgan fingerprint density at radius 2 is 1.62 bits per heavy atom. The van der Waals surface area contributed by atoms with Gasteiger partial charge < -0.3 is 9.80 Å². The molecular weight excluding hydrogens is 360 g/mol. The highest BCUT2D eigenvalue weighted by molar-refractivity contribution is 5.77. The third-order valence-electron chi connectivity index (χ3n) is 8.02. The van der Waals surface area contributed by atoms with Gasteiger partial charge in [-0.05, 0) is 68.6 Å². The lowest BCUT2D eigenvalue weighted by molar-refractivity contribution is -0.139. The van der Waals surface area contributed by atoms with E-state index in [2.05, 4.69) is 34.7 Å². The molecule has 0 atom stereocenters. The maximum Gasteiger partial charge on any atom is 0.223 e. The summed E-state index contributed by atoms with van der Waals surface area (Å²) in [6.45, 7) is 9.72. The van der Waals surface area contributed by atoms with Crippen LogP contribution in [0.2, 0.25) is 0 Å². The summed E-state index contributed by atoms with van der Waals surface area (Å²) in [6, 6.07) is 2.08. The van der Waals surface area contributed by atoms with Crippen LogP contribution in [-0.2, 0) is 4.79 Å². The van der Waals surface area contributed by atoms with E-state index in [4.69, 9.17) is 4.98 Å². The number of amides is 1.